The lowest BCUT2D eigenvalue weighted by atomic mass is 9.88. The van der Waals surface area contributed by atoms with Crippen molar-refractivity contribution in [1.82, 2.24) is 0 Å². The summed E-state index contributed by atoms with van der Waals surface area (Å²) in [6.07, 6.45) is 3.37. The Morgan fingerprint density at radius 2 is 2.00 bits per heavy atom. The summed E-state index contributed by atoms with van der Waals surface area (Å²) in [6.45, 7) is 0. The maximum absolute atomic E-state index is 13.9. The van der Waals surface area contributed by atoms with Gasteiger partial charge in [-0.05, 0) is 12.8 Å². The Morgan fingerprint density at radius 3 is 2.50 bits per heavy atom. The fourth-order valence-corrected chi connectivity index (χ4v) is 2.43. The highest BCUT2D eigenvalue weighted by atomic mass is 19.1. The van der Waals surface area contributed by atoms with Gasteiger partial charge in [0.2, 0.25) is 0 Å². The molecular weight excluding hydrogens is 209 g/mol. The molecule has 1 aromatic carbocycles. The minimum atomic E-state index is -0.722. The first kappa shape index (κ1) is 11.2. The van der Waals surface area contributed by atoms with Gasteiger partial charge in [-0.25, -0.2) is 4.39 Å². The van der Waals surface area contributed by atoms with Crippen molar-refractivity contribution in [3.05, 3.63) is 23.5 Å². The Morgan fingerprint density at radius 1 is 1.38 bits per heavy atom. The second-order valence-corrected chi connectivity index (χ2v) is 4.37. The van der Waals surface area contributed by atoms with E-state index in [1.54, 1.807) is 0 Å². The Kier molecular flexibility index (Phi) is 2.76. The molecule has 0 spiro atoms. The number of hydrogen-bond acceptors (Lipinski definition) is 3. The third-order valence-electron chi connectivity index (χ3n) is 3.27. The normalized spacial score (nSPS) is 18.7. The van der Waals surface area contributed by atoms with E-state index in [4.69, 9.17) is 10.5 Å². The standard InChI is InChI=1S/C12H16FNO2/c1-16-8-6-9(13)11(10(15)7-8)12(14)4-2-3-5-12/h6-7,15H,2-5,14H2,1H3. The molecule has 88 valence electrons. The number of methoxy groups -OCH3 is 1. The third-order valence-corrected chi connectivity index (χ3v) is 3.27. The molecule has 0 unspecified atom stereocenters. The van der Waals surface area contributed by atoms with Gasteiger partial charge in [0.25, 0.3) is 0 Å². The minimum Gasteiger partial charge on any atom is -0.507 e. The van der Waals surface area contributed by atoms with Crippen LogP contribution in [0.15, 0.2) is 12.1 Å². The Bertz CT molecular complexity index is 377. The first-order valence-electron chi connectivity index (χ1n) is 5.43. The molecule has 1 aliphatic carbocycles. The van der Waals surface area contributed by atoms with Crippen molar-refractivity contribution in [3.63, 3.8) is 0 Å². The summed E-state index contributed by atoms with van der Waals surface area (Å²) in [5.41, 5.74) is 5.64. The SMILES string of the molecule is COc1cc(O)c(C2(N)CCCC2)c(F)c1. The maximum Gasteiger partial charge on any atom is 0.135 e. The zero-order valence-corrected chi connectivity index (χ0v) is 9.29. The Hall–Kier alpha value is -1.29. The maximum atomic E-state index is 13.9. The lowest BCUT2D eigenvalue weighted by molar-refractivity contribution is 0.372. The smallest absolute Gasteiger partial charge is 0.135 e. The van der Waals surface area contributed by atoms with Crippen LogP contribution < -0.4 is 10.5 Å². The monoisotopic (exact) mass is 225 g/mol. The highest BCUT2D eigenvalue weighted by Crippen LogP contribution is 2.42. The van der Waals surface area contributed by atoms with Gasteiger partial charge in [0.15, 0.2) is 0 Å². The van der Waals surface area contributed by atoms with Gasteiger partial charge in [0, 0.05) is 23.2 Å². The quantitative estimate of drug-likeness (QED) is 0.811. The van der Waals surface area contributed by atoms with E-state index >= 15 is 0 Å². The molecule has 0 saturated heterocycles. The van der Waals surface area contributed by atoms with Gasteiger partial charge in [-0.2, -0.15) is 0 Å². The van der Waals surface area contributed by atoms with Crippen molar-refractivity contribution in [2.45, 2.75) is 31.2 Å². The van der Waals surface area contributed by atoms with Gasteiger partial charge in [0.1, 0.15) is 17.3 Å². The molecule has 0 heterocycles. The fourth-order valence-electron chi connectivity index (χ4n) is 2.43. The van der Waals surface area contributed by atoms with Crippen LogP contribution in [0.3, 0.4) is 0 Å². The zero-order chi connectivity index (χ0) is 11.8. The van der Waals surface area contributed by atoms with E-state index in [0.29, 0.717) is 18.6 Å². The molecule has 16 heavy (non-hydrogen) atoms. The molecule has 1 aliphatic rings. The summed E-state index contributed by atoms with van der Waals surface area (Å²) in [4.78, 5) is 0. The van der Waals surface area contributed by atoms with E-state index in [2.05, 4.69) is 0 Å². The molecule has 0 bridgehead atoms. The van der Waals surface area contributed by atoms with Crippen molar-refractivity contribution >= 4 is 0 Å². The van der Waals surface area contributed by atoms with E-state index < -0.39 is 11.4 Å². The summed E-state index contributed by atoms with van der Waals surface area (Å²) in [6, 6.07) is 2.67. The van der Waals surface area contributed by atoms with Crippen LogP contribution in [0.4, 0.5) is 4.39 Å². The van der Waals surface area contributed by atoms with Crippen molar-refractivity contribution < 1.29 is 14.2 Å². The van der Waals surface area contributed by atoms with E-state index in [0.717, 1.165) is 12.8 Å². The molecule has 2 rings (SSSR count). The average molecular weight is 225 g/mol. The van der Waals surface area contributed by atoms with Gasteiger partial charge in [-0.15, -0.1) is 0 Å². The first-order chi connectivity index (χ1) is 7.57. The van der Waals surface area contributed by atoms with E-state index in [-0.39, 0.29) is 11.3 Å². The number of benzene rings is 1. The topological polar surface area (TPSA) is 55.5 Å². The molecular formula is C12H16FNO2. The lowest BCUT2D eigenvalue weighted by Crippen LogP contribution is -2.34. The molecule has 1 aromatic rings. The summed E-state index contributed by atoms with van der Waals surface area (Å²) < 4.78 is 18.8. The van der Waals surface area contributed by atoms with Gasteiger partial charge >= 0.3 is 0 Å². The molecule has 3 N–H and O–H groups in total. The second kappa shape index (κ2) is 3.94. The summed E-state index contributed by atoms with van der Waals surface area (Å²) in [7, 11) is 1.43. The number of phenolic OH excluding ortho intramolecular Hbond substituents is 1. The molecule has 0 amide bonds. The summed E-state index contributed by atoms with van der Waals surface area (Å²) in [5.74, 6) is -0.289. The predicted molar refractivity (Wildman–Crippen MR) is 59.0 cm³/mol. The van der Waals surface area contributed by atoms with Crippen molar-refractivity contribution in [2.24, 2.45) is 5.73 Å². The van der Waals surface area contributed by atoms with E-state index in [9.17, 15) is 9.50 Å². The molecule has 0 aromatic heterocycles. The Labute approximate surface area is 94.0 Å². The predicted octanol–water partition coefficient (Wildman–Crippen LogP) is 2.27. The minimum absolute atomic E-state index is 0.110. The van der Waals surface area contributed by atoms with Crippen LogP contribution in [0.2, 0.25) is 0 Å². The number of phenols is 1. The van der Waals surface area contributed by atoms with Crippen LogP contribution in [-0.4, -0.2) is 12.2 Å². The van der Waals surface area contributed by atoms with E-state index in [1.807, 2.05) is 0 Å². The van der Waals surface area contributed by atoms with Crippen LogP contribution in [-0.2, 0) is 5.54 Å². The van der Waals surface area contributed by atoms with Crippen molar-refractivity contribution in [1.29, 1.82) is 0 Å². The number of rotatable bonds is 2. The molecule has 0 aliphatic heterocycles. The summed E-state index contributed by atoms with van der Waals surface area (Å²) in [5, 5.41) is 9.83. The van der Waals surface area contributed by atoms with Crippen LogP contribution in [0.1, 0.15) is 31.2 Å². The average Bonchev–Trinajstić information content (AvgIpc) is 2.64. The number of halogens is 1. The molecule has 1 saturated carbocycles. The molecule has 3 nitrogen and oxygen atoms in total. The van der Waals surface area contributed by atoms with Crippen LogP contribution >= 0.6 is 0 Å². The lowest BCUT2D eigenvalue weighted by Gasteiger charge is -2.25. The number of hydrogen-bond donors (Lipinski definition) is 2. The first-order valence-corrected chi connectivity index (χ1v) is 5.43. The van der Waals surface area contributed by atoms with Crippen LogP contribution in [0.25, 0.3) is 0 Å². The highest BCUT2D eigenvalue weighted by Gasteiger charge is 2.36. The number of aromatic hydroxyl groups is 1. The largest absolute Gasteiger partial charge is 0.507 e. The van der Waals surface area contributed by atoms with Crippen molar-refractivity contribution in [2.75, 3.05) is 7.11 Å². The van der Waals surface area contributed by atoms with Crippen LogP contribution in [0, 0.1) is 5.82 Å². The third kappa shape index (κ3) is 1.73. The summed E-state index contributed by atoms with van der Waals surface area (Å²) >= 11 is 0. The molecule has 0 atom stereocenters. The molecule has 4 heteroatoms. The van der Waals surface area contributed by atoms with Gasteiger partial charge < -0.3 is 15.6 Å². The number of ether oxygens (including phenoxy) is 1. The zero-order valence-electron chi connectivity index (χ0n) is 9.29. The fraction of sp³-hybridized carbons (Fsp3) is 0.500. The van der Waals surface area contributed by atoms with Gasteiger partial charge in [-0.1, -0.05) is 12.8 Å². The Balaban J connectivity index is 2.48. The van der Waals surface area contributed by atoms with Gasteiger partial charge in [-0.3, -0.25) is 0 Å². The molecule has 0 radical (unpaired) electrons. The van der Waals surface area contributed by atoms with E-state index in [1.165, 1.54) is 19.2 Å². The second-order valence-electron chi connectivity index (χ2n) is 4.37. The molecule has 1 fully saturated rings. The van der Waals surface area contributed by atoms with Crippen molar-refractivity contribution in [3.8, 4) is 11.5 Å². The highest BCUT2D eigenvalue weighted by molar-refractivity contribution is 5.45. The van der Waals surface area contributed by atoms with Crippen LogP contribution in [0.5, 0.6) is 11.5 Å². The number of nitrogens with two attached hydrogens (primary N) is 1. The van der Waals surface area contributed by atoms with Gasteiger partial charge in [0.05, 0.1) is 7.11 Å².